The van der Waals surface area contributed by atoms with Gasteiger partial charge in [-0.15, -0.1) is 0 Å². The van der Waals surface area contributed by atoms with E-state index in [-0.39, 0.29) is 25.0 Å². The van der Waals surface area contributed by atoms with E-state index in [1.807, 2.05) is 6.92 Å². The van der Waals surface area contributed by atoms with Crippen molar-refractivity contribution in [3.05, 3.63) is 12.3 Å². The molecule has 7 heteroatoms. The highest BCUT2D eigenvalue weighted by Crippen LogP contribution is 2.44. The van der Waals surface area contributed by atoms with Crippen LogP contribution < -0.4 is 0 Å². The highest BCUT2D eigenvalue weighted by molar-refractivity contribution is 7.47. The van der Waals surface area contributed by atoms with Crippen molar-refractivity contribution in [2.24, 2.45) is 5.92 Å². The van der Waals surface area contributed by atoms with Crippen LogP contribution in [0.25, 0.3) is 0 Å². The van der Waals surface area contributed by atoms with Gasteiger partial charge in [0, 0.05) is 25.1 Å². The van der Waals surface area contributed by atoms with Gasteiger partial charge < -0.3 is 9.79 Å². The Hall–Kier alpha value is -0.680. The lowest BCUT2D eigenvalue weighted by atomic mass is 10.1. The number of hydrogen-bond donors (Lipinski definition) is 1. The second-order valence-electron chi connectivity index (χ2n) is 5.79. The number of Topliss-reactive ketones (excluding diaryl/α,β-unsaturated/α-hetero) is 1. The van der Waals surface area contributed by atoms with Crippen LogP contribution in [0.3, 0.4) is 0 Å². The summed E-state index contributed by atoms with van der Waals surface area (Å²) in [7, 11) is -3.97. The molecule has 1 aliphatic rings. The number of carbonyl (C=O) groups is 1. The monoisotopic (exact) mass is 333 g/mol. The number of phosphoric acid groups is 1. The molecule has 6 nitrogen and oxygen atoms in total. The number of rotatable bonds is 10. The van der Waals surface area contributed by atoms with E-state index in [2.05, 4.69) is 18.4 Å². The molecule has 0 aliphatic carbocycles. The summed E-state index contributed by atoms with van der Waals surface area (Å²) in [5.74, 6) is 0.676. The van der Waals surface area contributed by atoms with Crippen LogP contribution in [0.5, 0.6) is 0 Å². The normalized spacial score (nSPS) is 24.3. The lowest BCUT2D eigenvalue weighted by Gasteiger charge is -2.28. The van der Waals surface area contributed by atoms with Crippen LogP contribution in [0.1, 0.15) is 46.5 Å². The molecule has 1 N–H and O–H groups in total. The SMILES string of the molecule is C=C(CCC(=O)CC)N1C[C@H](C)C[C@H]1COP(=O)(O)OCC. The first kappa shape index (κ1) is 19.4. The maximum Gasteiger partial charge on any atom is 0.472 e. The van der Waals surface area contributed by atoms with Crippen LogP contribution in [0.15, 0.2) is 12.3 Å². The van der Waals surface area contributed by atoms with Crippen LogP contribution >= 0.6 is 7.82 Å². The van der Waals surface area contributed by atoms with Gasteiger partial charge in [0.2, 0.25) is 0 Å². The fraction of sp³-hybridized carbons (Fsp3) is 0.800. The largest absolute Gasteiger partial charge is 0.472 e. The van der Waals surface area contributed by atoms with Gasteiger partial charge in [0.15, 0.2) is 0 Å². The predicted octanol–water partition coefficient (Wildman–Crippen LogP) is 3.12. The highest BCUT2D eigenvalue weighted by atomic mass is 31.2. The number of nitrogens with zero attached hydrogens (tertiary/aromatic N) is 1. The van der Waals surface area contributed by atoms with Crippen molar-refractivity contribution in [1.82, 2.24) is 4.90 Å². The van der Waals surface area contributed by atoms with Crippen molar-refractivity contribution in [2.75, 3.05) is 19.8 Å². The van der Waals surface area contributed by atoms with Gasteiger partial charge in [-0.1, -0.05) is 20.4 Å². The summed E-state index contributed by atoms with van der Waals surface area (Å²) >= 11 is 0. The van der Waals surface area contributed by atoms with Crippen molar-refractivity contribution in [3.8, 4) is 0 Å². The molecule has 1 unspecified atom stereocenters. The van der Waals surface area contributed by atoms with Crippen molar-refractivity contribution >= 4 is 13.6 Å². The maximum absolute atomic E-state index is 11.6. The first-order chi connectivity index (χ1) is 10.3. The molecular formula is C15H28NO5P. The van der Waals surface area contributed by atoms with Crippen LogP contribution in [0.2, 0.25) is 0 Å². The summed E-state index contributed by atoms with van der Waals surface area (Å²) in [6.45, 7) is 10.8. The summed E-state index contributed by atoms with van der Waals surface area (Å²) < 4.78 is 21.4. The maximum atomic E-state index is 11.6. The molecule has 0 aromatic carbocycles. The molecule has 0 aromatic heterocycles. The van der Waals surface area contributed by atoms with Gasteiger partial charge in [-0.2, -0.15) is 0 Å². The van der Waals surface area contributed by atoms with E-state index in [1.54, 1.807) is 6.92 Å². The molecule has 0 amide bonds. The average Bonchev–Trinajstić information content (AvgIpc) is 2.83. The zero-order valence-electron chi connectivity index (χ0n) is 13.8. The van der Waals surface area contributed by atoms with Crippen molar-refractivity contribution in [3.63, 3.8) is 0 Å². The standard InChI is InChI=1S/C15H28NO5P/c1-5-15(17)8-7-13(4)16-10-12(3)9-14(16)11-21-22(18,19)20-6-2/h12,14H,4-11H2,1-3H3,(H,18,19)/t12-,14+/m1/s1. The highest BCUT2D eigenvalue weighted by Gasteiger charge is 2.33. The minimum absolute atomic E-state index is 0.000148. The Kier molecular flexibility index (Phi) is 7.77. The van der Waals surface area contributed by atoms with Crippen LogP contribution in [0, 0.1) is 5.92 Å². The van der Waals surface area contributed by atoms with Crippen molar-refractivity contribution in [1.29, 1.82) is 0 Å². The predicted molar refractivity (Wildman–Crippen MR) is 85.4 cm³/mol. The molecule has 0 bridgehead atoms. The molecule has 0 spiro atoms. The second kappa shape index (κ2) is 8.82. The van der Waals surface area contributed by atoms with E-state index >= 15 is 0 Å². The summed E-state index contributed by atoms with van der Waals surface area (Å²) in [6, 6.07) is 0.000148. The van der Waals surface area contributed by atoms with Crippen molar-refractivity contribution < 1.29 is 23.3 Å². The quantitative estimate of drug-likeness (QED) is 0.619. The molecule has 1 heterocycles. The second-order valence-corrected chi connectivity index (χ2v) is 7.24. The average molecular weight is 333 g/mol. The van der Waals surface area contributed by atoms with Gasteiger partial charge in [-0.3, -0.25) is 13.8 Å². The van der Waals surface area contributed by atoms with E-state index in [0.717, 1.165) is 18.7 Å². The summed E-state index contributed by atoms with van der Waals surface area (Å²) in [6.07, 6.45) is 2.52. The summed E-state index contributed by atoms with van der Waals surface area (Å²) in [5, 5.41) is 0. The number of carbonyl (C=O) groups excluding carboxylic acids is 1. The Labute approximate surface area is 133 Å². The summed E-state index contributed by atoms with van der Waals surface area (Å²) in [5.41, 5.74) is 0.893. The molecule has 0 saturated carbocycles. The third-order valence-corrected chi connectivity index (χ3v) is 4.90. The Bertz CT molecular complexity index is 440. The Morgan fingerprint density at radius 2 is 2.05 bits per heavy atom. The van der Waals surface area contributed by atoms with E-state index in [9.17, 15) is 14.3 Å². The van der Waals surface area contributed by atoms with Crippen molar-refractivity contribution in [2.45, 2.75) is 52.5 Å². The van der Waals surface area contributed by atoms with Gasteiger partial charge in [-0.05, 0) is 25.7 Å². The molecule has 0 aromatic rings. The number of likely N-dealkylation sites (tertiary alicyclic amines) is 1. The lowest BCUT2D eigenvalue weighted by molar-refractivity contribution is -0.118. The fourth-order valence-electron chi connectivity index (χ4n) is 2.68. The number of allylic oxidation sites excluding steroid dienone is 1. The molecule has 3 atom stereocenters. The Morgan fingerprint density at radius 1 is 1.36 bits per heavy atom. The molecule has 1 fully saturated rings. The molecule has 1 saturated heterocycles. The molecular weight excluding hydrogens is 305 g/mol. The fourth-order valence-corrected chi connectivity index (χ4v) is 3.44. The van der Waals surface area contributed by atoms with Crippen LogP contribution in [0.4, 0.5) is 0 Å². The van der Waals surface area contributed by atoms with E-state index < -0.39 is 7.82 Å². The lowest BCUT2D eigenvalue weighted by Crippen LogP contribution is -2.32. The smallest absolute Gasteiger partial charge is 0.370 e. The number of ketones is 1. The molecule has 1 rings (SSSR count). The molecule has 0 radical (unpaired) electrons. The van der Waals surface area contributed by atoms with Gasteiger partial charge >= 0.3 is 7.82 Å². The first-order valence-electron chi connectivity index (χ1n) is 7.87. The summed E-state index contributed by atoms with van der Waals surface area (Å²) in [4.78, 5) is 23.0. The third kappa shape index (κ3) is 6.21. The Morgan fingerprint density at radius 3 is 2.64 bits per heavy atom. The number of phosphoric ester groups is 1. The van der Waals surface area contributed by atoms with Gasteiger partial charge in [0.05, 0.1) is 19.3 Å². The molecule has 22 heavy (non-hydrogen) atoms. The van der Waals surface area contributed by atoms with Gasteiger partial charge in [-0.25, -0.2) is 4.57 Å². The minimum atomic E-state index is -3.97. The van der Waals surface area contributed by atoms with Crippen LogP contribution in [-0.2, 0) is 18.4 Å². The topological polar surface area (TPSA) is 76.1 Å². The Balaban J connectivity index is 2.55. The number of hydrogen-bond acceptors (Lipinski definition) is 5. The van der Waals surface area contributed by atoms with E-state index in [0.29, 0.717) is 25.2 Å². The third-order valence-electron chi connectivity index (χ3n) is 3.84. The van der Waals surface area contributed by atoms with Gasteiger partial charge in [0.25, 0.3) is 0 Å². The zero-order valence-corrected chi connectivity index (χ0v) is 14.7. The van der Waals surface area contributed by atoms with Crippen LogP contribution in [-0.4, -0.2) is 41.4 Å². The first-order valence-corrected chi connectivity index (χ1v) is 9.36. The zero-order chi connectivity index (χ0) is 16.8. The van der Waals surface area contributed by atoms with Gasteiger partial charge in [0.1, 0.15) is 5.78 Å². The molecule has 1 aliphatic heterocycles. The molecule has 128 valence electrons. The van der Waals surface area contributed by atoms with E-state index in [4.69, 9.17) is 9.05 Å². The van der Waals surface area contributed by atoms with E-state index in [1.165, 1.54) is 0 Å². The minimum Gasteiger partial charge on any atom is -0.370 e.